The molecule has 4 aromatic carbocycles. The SMILES string of the molecule is CCc1c(-c2ccc3c(C)c(C(C)=O)n(C(=O)OC(C)(C)C)c3c2)nc(OCc2ccccc2)c(C(=O)OCc2ccccc2)c1OCc1ccccc1. The number of ether oxygens (including phenoxy) is 4. The van der Waals surface area contributed by atoms with Gasteiger partial charge in [0.05, 0.1) is 16.9 Å². The van der Waals surface area contributed by atoms with E-state index in [2.05, 4.69) is 0 Å². The maximum absolute atomic E-state index is 14.2. The lowest BCUT2D eigenvalue weighted by molar-refractivity contribution is 0.0459. The number of nitrogens with zero attached hydrogens (tertiary/aromatic N) is 2. The number of pyridine rings is 1. The van der Waals surface area contributed by atoms with Gasteiger partial charge in [-0.1, -0.05) is 110 Å². The summed E-state index contributed by atoms with van der Waals surface area (Å²) in [4.78, 5) is 45.9. The van der Waals surface area contributed by atoms with Gasteiger partial charge in [-0.15, -0.1) is 0 Å². The first-order valence-corrected chi connectivity index (χ1v) is 18.0. The molecule has 0 amide bonds. The molecule has 9 heteroatoms. The van der Waals surface area contributed by atoms with Crippen LogP contribution < -0.4 is 9.47 Å². The number of ketones is 1. The van der Waals surface area contributed by atoms with Crippen LogP contribution in [0.5, 0.6) is 11.6 Å². The van der Waals surface area contributed by atoms with Crippen molar-refractivity contribution in [2.45, 2.75) is 73.4 Å². The van der Waals surface area contributed by atoms with Gasteiger partial charge in [-0.25, -0.2) is 19.1 Å². The third-order valence-electron chi connectivity index (χ3n) is 8.83. The van der Waals surface area contributed by atoms with Crippen LogP contribution in [0.1, 0.15) is 83.3 Å². The first-order chi connectivity index (χ1) is 25.9. The van der Waals surface area contributed by atoms with Crippen molar-refractivity contribution in [3.63, 3.8) is 0 Å². The van der Waals surface area contributed by atoms with Crippen LogP contribution in [0, 0.1) is 6.92 Å². The number of esters is 1. The highest BCUT2D eigenvalue weighted by molar-refractivity contribution is 6.07. The van der Waals surface area contributed by atoms with Gasteiger partial charge in [0.1, 0.15) is 31.2 Å². The summed E-state index contributed by atoms with van der Waals surface area (Å²) < 4.78 is 26.0. The van der Waals surface area contributed by atoms with Gasteiger partial charge in [0, 0.05) is 23.4 Å². The summed E-state index contributed by atoms with van der Waals surface area (Å²) in [7, 11) is 0. The van der Waals surface area contributed by atoms with E-state index in [0.29, 0.717) is 34.3 Å². The Bertz CT molecular complexity index is 2290. The summed E-state index contributed by atoms with van der Waals surface area (Å²) in [5.74, 6) is -0.587. The number of carbonyl (C=O) groups is 3. The normalized spacial score (nSPS) is 11.3. The number of carbonyl (C=O) groups excluding carboxylic acids is 3. The zero-order valence-electron chi connectivity index (χ0n) is 31.5. The smallest absolute Gasteiger partial charge is 0.419 e. The Morgan fingerprint density at radius 1 is 0.741 bits per heavy atom. The molecule has 6 aromatic rings. The van der Waals surface area contributed by atoms with E-state index in [4.69, 9.17) is 23.9 Å². The second-order valence-corrected chi connectivity index (χ2v) is 14.0. The average Bonchev–Trinajstić information content (AvgIpc) is 3.47. The van der Waals surface area contributed by atoms with E-state index >= 15 is 0 Å². The Balaban J connectivity index is 1.56. The molecule has 0 aliphatic heterocycles. The molecule has 9 nitrogen and oxygen atoms in total. The van der Waals surface area contributed by atoms with Gasteiger partial charge in [-0.2, -0.15) is 0 Å². The van der Waals surface area contributed by atoms with Crippen LogP contribution in [0.4, 0.5) is 4.79 Å². The van der Waals surface area contributed by atoms with Crippen molar-refractivity contribution in [1.82, 2.24) is 9.55 Å². The number of aromatic nitrogens is 2. The van der Waals surface area contributed by atoms with Crippen molar-refractivity contribution in [2.75, 3.05) is 0 Å². The average molecular weight is 725 g/mol. The molecule has 0 fully saturated rings. The van der Waals surface area contributed by atoms with E-state index in [1.54, 1.807) is 20.8 Å². The summed E-state index contributed by atoms with van der Waals surface area (Å²) in [5.41, 5.74) is 5.02. The monoisotopic (exact) mass is 724 g/mol. The quantitative estimate of drug-likeness (QED) is 0.0907. The molecule has 0 bridgehead atoms. The summed E-state index contributed by atoms with van der Waals surface area (Å²) in [5, 5.41) is 0.718. The molecule has 0 unspecified atom stereocenters. The highest BCUT2D eigenvalue weighted by Crippen LogP contribution is 2.41. The fraction of sp³-hybridized carbons (Fsp3) is 0.244. The molecule has 276 valence electrons. The number of rotatable bonds is 12. The van der Waals surface area contributed by atoms with Gasteiger partial charge in [-0.3, -0.25) is 4.79 Å². The molecule has 0 atom stereocenters. The second kappa shape index (κ2) is 16.2. The molecule has 0 aliphatic carbocycles. The standard InChI is InChI=1S/C45H44N2O7/c1-7-35-39(34-23-24-36-29(2)40(30(3)48)47(37(36)25-34)44(50)54-45(4,5)6)46-42(52-27-32-19-13-9-14-20-32)38(41(35)51-26-31-17-11-8-12-18-31)43(49)53-28-33-21-15-10-16-22-33/h8-25H,7,26-28H2,1-6H3. The lowest BCUT2D eigenvalue weighted by Crippen LogP contribution is -2.28. The minimum absolute atomic E-state index is 0.0370. The van der Waals surface area contributed by atoms with Crippen molar-refractivity contribution in [2.24, 2.45) is 0 Å². The molecule has 0 spiro atoms. The highest BCUT2D eigenvalue weighted by Gasteiger charge is 2.31. The van der Waals surface area contributed by atoms with E-state index in [-0.39, 0.29) is 48.5 Å². The van der Waals surface area contributed by atoms with Crippen LogP contribution in [0.25, 0.3) is 22.2 Å². The predicted octanol–water partition coefficient (Wildman–Crippen LogP) is 10.1. The van der Waals surface area contributed by atoms with E-state index in [1.807, 2.05) is 123 Å². The highest BCUT2D eigenvalue weighted by atomic mass is 16.6. The lowest BCUT2D eigenvalue weighted by atomic mass is 9.98. The number of hydrogen-bond donors (Lipinski definition) is 0. The van der Waals surface area contributed by atoms with Crippen LogP contribution in [0.3, 0.4) is 0 Å². The van der Waals surface area contributed by atoms with Gasteiger partial charge in [0.15, 0.2) is 11.3 Å². The zero-order chi connectivity index (χ0) is 38.4. The van der Waals surface area contributed by atoms with Crippen molar-refractivity contribution >= 4 is 28.7 Å². The van der Waals surface area contributed by atoms with Gasteiger partial charge in [-0.05, 0) is 62.4 Å². The Morgan fingerprint density at radius 2 is 1.30 bits per heavy atom. The third-order valence-corrected chi connectivity index (χ3v) is 8.83. The summed E-state index contributed by atoms with van der Waals surface area (Å²) in [6.07, 6.45) is -0.241. The molecule has 54 heavy (non-hydrogen) atoms. The fourth-order valence-corrected chi connectivity index (χ4v) is 6.36. The van der Waals surface area contributed by atoms with Crippen molar-refractivity contribution in [1.29, 1.82) is 0 Å². The van der Waals surface area contributed by atoms with E-state index in [9.17, 15) is 14.4 Å². The maximum Gasteiger partial charge on any atom is 0.419 e. The molecular weight excluding hydrogens is 681 g/mol. The Hall–Kier alpha value is -6.22. The molecule has 0 saturated heterocycles. The van der Waals surface area contributed by atoms with E-state index in [1.165, 1.54) is 11.5 Å². The fourth-order valence-electron chi connectivity index (χ4n) is 6.36. The molecular formula is C45H44N2O7. The first-order valence-electron chi connectivity index (χ1n) is 18.0. The topological polar surface area (TPSA) is 106 Å². The minimum atomic E-state index is -0.800. The minimum Gasteiger partial charge on any atom is -0.487 e. The maximum atomic E-state index is 14.2. The molecule has 2 aromatic heterocycles. The van der Waals surface area contributed by atoms with Crippen LogP contribution in [-0.2, 0) is 35.7 Å². The summed E-state index contributed by atoms with van der Waals surface area (Å²) >= 11 is 0. The van der Waals surface area contributed by atoms with E-state index in [0.717, 1.165) is 22.1 Å². The second-order valence-electron chi connectivity index (χ2n) is 14.0. The number of benzene rings is 4. The molecule has 2 heterocycles. The number of Topliss-reactive ketones (excluding diaryl/α,β-unsaturated/α-hetero) is 1. The number of aryl methyl sites for hydroxylation is 1. The number of hydrogen-bond acceptors (Lipinski definition) is 8. The van der Waals surface area contributed by atoms with Crippen molar-refractivity contribution in [3.05, 3.63) is 148 Å². The van der Waals surface area contributed by atoms with Gasteiger partial charge in [0.2, 0.25) is 5.88 Å². The lowest BCUT2D eigenvalue weighted by Gasteiger charge is -2.22. The Kier molecular flexibility index (Phi) is 11.3. The predicted molar refractivity (Wildman–Crippen MR) is 208 cm³/mol. The third kappa shape index (κ3) is 8.36. The number of fused-ring (bicyclic) bond motifs is 1. The summed E-state index contributed by atoms with van der Waals surface area (Å²) in [6, 6.07) is 34.3. The van der Waals surface area contributed by atoms with Crippen LogP contribution in [0.15, 0.2) is 109 Å². The van der Waals surface area contributed by atoms with Gasteiger partial charge >= 0.3 is 12.1 Å². The molecule has 0 radical (unpaired) electrons. The largest absolute Gasteiger partial charge is 0.487 e. The molecule has 0 saturated carbocycles. The molecule has 0 N–H and O–H groups in total. The zero-order valence-corrected chi connectivity index (χ0v) is 31.5. The first kappa shape index (κ1) is 37.5. The van der Waals surface area contributed by atoms with Crippen molar-refractivity contribution in [3.8, 4) is 22.9 Å². The van der Waals surface area contributed by atoms with E-state index < -0.39 is 17.7 Å². The molecule has 0 aliphatic rings. The van der Waals surface area contributed by atoms with Gasteiger partial charge in [0.25, 0.3) is 0 Å². The molecule has 6 rings (SSSR count). The van der Waals surface area contributed by atoms with Crippen LogP contribution in [0.2, 0.25) is 0 Å². The van der Waals surface area contributed by atoms with Gasteiger partial charge < -0.3 is 18.9 Å². The van der Waals surface area contributed by atoms with Crippen LogP contribution in [-0.4, -0.2) is 33.0 Å². The summed E-state index contributed by atoms with van der Waals surface area (Å²) in [6.45, 7) is 10.9. The van der Waals surface area contributed by atoms with Crippen LogP contribution >= 0.6 is 0 Å². The van der Waals surface area contributed by atoms with Crippen molar-refractivity contribution < 1.29 is 33.3 Å². The Labute approximate surface area is 315 Å². The Morgan fingerprint density at radius 3 is 1.83 bits per heavy atom.